The van der Waals surface area contributed by atoms with E-state index in [1.165, 1.54) is 14.2 Å². The van der Waals surface area contributed by atoms with Crippen LogP contribution in [0.25, 0.3) is 6.08 Å². The van der Waals surface area contributed by atoms with Gasteiger partial charge in [-0.2, -0.15) is 0 Å². The summed E-state index contributed by atoms with van der Waals surface area (Å²) >= 11 is 0. The van der Waals surface area contributed by atoms with Gasteiger partial charge in [0.25, 0.3) is 0 Å². The molecule has 25 heavy (non-hydrogen) atoms. The molecule has 0 amide bonds. The first kappa shape index (κ1) is 16.6. The maximum absolute atomic E-state index is 12.1. The SMILES string of the molecule is COc1cc(OC)c(OC)cc1C=C1N=C(c2ccccc2)OC1=O. The van der Waals surface area contributed by atoms with Gasteiger partial charge in [0.2, 0.25) is 5.90 Å². The van der Waals surface area contributed by atoms with Crippen LogP contribution in [-0.2, 0) is 9.53 Å². The van der Waals surface area contributed by atoms with Crippen molar-refractivity contribution in [3.63, 3.8) is 0 Å². The van der Waals surface area contributed by atoms with E-state index in [1.807, 2.05) is 30.3 Å². The topological polar surface area (TPSA) is 66.3 Å². The summed E-state index contributed by atoms with van der Waals surface area (Å²) in [5, 5.41) is 0. The number of hydrogen-bond donors (Lipinski definition) is 0. The van der Waals surface area contributed by atoms with Gasteiger partial charge in [0.1, 0.15) is 5.75 Å². The van der Waals surface area contributed by atoms with E-state index in [4.69, 9.17) is 18.9 Å². The summed E-state index contributed by atoms with van der Waals surface area (Å²) in [4.78, 5) is 16.4. The van der Waals surface area contributed by atoms with Crippen LogP contribution in [0.4, 0.5) is 0 Å². The molecular formula is C19H17NO5. The smallest absolute Gasteiger partial charge is 0.363 e. The number of rotatable bonds is 5. The van der Waals surface area contributed by atoms with E-state index in [2.05, 4.69) is 4.99 Å². The van der Waals surface area contributed by atoms with Crippen LogP contribution in [0.5, 0.6) is 17.2 Å². The third-order valence-electron chi connectivity index (χ3n) is 3.67. The molecule has 1 aliphatic rings. The highest BCUT2D eigenvalue weighted by Crippen LogP contribution is 2.36. The van der Waals surface area contributed by atoms with Crippen molar-refractivity contribution in [3.05, 3.63) is 59.3 Å². The molecule has 0 atom stereocenters. The molecule has 1 aliphatic heterocycles. The molecule has 0 aliphatic carbocycles. The fraction of sp³-hybridized carbons (Fsp3) is 0.158. The van der Waals surface area contributed by atoms with Crippen LogP contribution in [0.1, 0.15) is 11.1 Å². The van der Waals surface area contributed by atoms with E-state index in [9.17, 15) is 4.79 Å². The lowest BCUT2D eigenvalue weighted by molar-refractivity contribution is -0.129. The van der Waals surface area contributed by atoms with Crippen molar-refractivity contribution in [2.75, 3.05) is 21.3 Å². The summed E-state index contributed by atoms with van der Waals surface area (Å²) in [6.07, 6.45) is 1.60. The minimum Gasteiger partial charge on any atom is -0.496 e. The number of methoxy groups -OCH3 is 3. The van der Waals surface area contributed by atoms with Crippen molar-refractivity contribution in [1.29, 1.82) is 0 Å². The Balaban J connectivity index is 2.02. The molecule has 0 saturated heterocycles. The molecule has 2 aromatic rings. The molecule has 1 heterocycles. The first-order valence-electron chi connectivity index (χ1n) is 7.54. The molecule has 2 aromatic carbocycles. The van der Waals surface area contributed by atoms with Crippen molar-refractivity contribution in [2.24, 2.45) is 4.99 Å². The standard InChI is InChI=1S/C19H17NO5/c1-22-15-11-17(24-3)16(23-2)10-13(15)9-14-19(21)25-18(20-14)12-7-5-4-6-8-12/h4-11H,1-3H3. The van der Waals surface area contributed by atoms with Gasteiger partial charge >= 0.3 is 5.97 Å². The largest absolute Gasteiger partial charge is 0.496 e. The Hall–Kier alpha value is -3.28. The molecule has 6 heteroatoms. The zero-order chi connectivity index (χ0) is 17.8. The fourth-order valence-corrected chi connectivity index (χ4v) is 2.43. The fourth-order valence-electron chi connectivity index (χ4n) is 2.43. The van der Waals surface area contributed by atoms with Gasteiger partial charge in [-0.25, -0.2) is 9.79 Å². The Bertz CT molecular complexity index is 856. The van der Waals surface area contributed by atoms with E-state index in [1.54, 1.807) is 25.3 Å². The van der Waals surface area contributed by atoms with E-state index in [-0.39, 0.29) is 11.6 Å². The zero-order valence-corrected chi connectivity index (χ0v) is 14.1. The molecule has 6 nitrogen and oxygen atoms in total. The van der Waals surface area contributed by atoms with Crippen molar-refractivity contribution >= 4 is 17.9 Å². The monoisotopic (exact) mass is 339 g/mol. The van der Waals surface area contributed by atoms with Crippen molar-refractivity contribution < 1.29 is 23.7 Å². The normalized spacial score (nSPS) is 14.9. The first-order valence-corrected chi connectivity index (χ1v) is 7.54. The van der Waals surface area contributed by atoms with Gasteiger partial charge in [0.15, 0.2) is 17.2 Å². The second kappa shape index (κ2) is 7.09. The van der Waals surface area contributed by atoms with Crippen molar-refractivity contribution in [1.82, 2.24) is 0 Å². The minimum atomic E-state index is -0.518. The number of nitrogens with zero attached hydrogens (tertiary/aromatic N) is 1. The van der Waals surface area contributed by atoms with Gasteiger partial charge in [0.05, 0.1) is 21.3 Å². The summed E-state index contributed by atoms with van der Waals surface area (Å²) in [6, 6.07) is 12.6. The maximum atomic E-state index is 12.1. The van der Waals surface area contributed by atoms with Crippen LogP contribution in [0.2, 0.25) is 0 Å². The molecule has 0 spiro atoms. The van der Waals surface area contributed by atoms with Crippen LogP contribution in [0.15, 0.2) is 53.2 Å². The Morgan fingerprint density at radius 3 is 2.20 bits per heavy atom. The number of benzene rings is 2. The van der Waals surface area contributed by atoms with Crippen LogP contribution in [-0.4, -0.2) is 33.2 Å². The quantitative estimate of drug-likeness (QED) is 0.619. The van der Waals surface area contributed by atoms with Crippen LogP contribution >= 0.6 is 0 Å². The highest BCUT2D eigenvalue weighted by molar-refractivity contribution is 6.12. The summed E-state index contributed by atoms with van der Waals surface area (Å²) in [5.41, 5.74) is 1.55. The van der Waals surface area contributed by atoms with Gasteiger partial charge in [-0.15, -0.1) is 0 Å². The van der Waals surface area contributed by atoms with Crippen LogP contribution < -0.4 is 14.2 Å². The van der Waals surface area contributed by atoms with Crippen LogP contribution in [0, 0.1) is 0 Å². The predicted octanol–water partition coefficient (Wildman–Crippen LogP) is 3.06. The molecule has 0 unspecified atom stereocenters. The molecular weight excluding hydrogens is 322 g/mol. The molecule has 0 radical (unpaired) electrons. The number of cyclic esters (lactones) is 1. The molecule has 0 bridgehead atoms. The maximum Gasteiger partial charge on any atom is 0.363 e. The summed E-state index contributed by atoms with van der Waals surface area (Å²) < 4.78 is 21.2. The van der Waals surface area contributed by atoms with E-state index >= 15 is 0 Å². The van der Waals surface area contributed by atoms with E-state index in [0.29, 0.717) is 22.8 Å². The number of esters is 1. The summed E-state index contributed by atoms with van der Waals surface area (Å²) in [7, 11) is 4.62. The Kier molecular flexibility index (Phi) is 4.70. The van der Waals surface area contributed by atoms with E-state index < -0.39 is 5.97 Å². The Morgan fingerprint density at radius 2 is 1.56 bits per heavy atom. The number of carbonyl (C=O) groups is 1. The van der Waals surface area contributed by atoms with Crippen LogP contribution in [0.3, 0.4) is 0 Å². The summed E-state index contributed by atoms with van der Waals surface area (Å²) in [6.45, 7) is 0. The third kappa shape index (κ3) is 3.33. The lowest BCUT2D eigenvalue weighted by atomic mass is 10.1. The number of hydrogen-bond acceptors (Lipinski definition) is 6. The molecule has 0 N–H and O–H groups in total. The second-order valence-electron chi connectivity index (χ2n) is 5.15. The van der Waals surface area contributed by atoms with E-state index in [0.717, 1.165) is 5.56 Å². The average molecular weight is 339 g/mol. The average Bonchev–Trinajstić information content (AvgIpc) is 3.02. The van der Waals surface area contributed by atoms with Gasteiger partial charge in [-0.1, -0.05) is 18.2 Å². The van der Waals surface area contributed by atoms with Gasteiger partial charge in [-0.05, 0) is 24.3 Å². The zero-order valence-electron chi connectivity index (χ0n) is 14.1. The van der Waals surface area contributed by atoms with Gasteiger partial charge in [0, 0.05) is 17.2 Å². The molecule has 0 aromatic heterocycles. The minimum absolute atomic E-state index is 0.185. The lowest BCUT2D eigenvalue weighted by Crippen LogP contribution is -2.05. The highest BCUT2D eigenvalue weighted by atomic mass is 16.6. The molecule has 128 valence electrons. The summed E-state index contributed by atoms with van der Waals surface area (Å²) in [5.74, 6) is 1.34. The van der Waals surface area contributed by atoms with Crippen molar-refractivity contribution in [2.45, 2.75) is 0 Å². The predicted molar refractivity (Wildman–Crippen MR) is 93.1 cm³/mol. The van der Waals surface area contributed by atoms with Crippen molar-refractivity contribution in [3.8, 4) is 17.2 Å². The highest BCUT2D eigenvalue weighted by Gasteiger charge is 2.24. The number of ether oxygens (including phenoxy) is 4. The second-order valence-corrected chi connectivity index (χ2v) is 5.15. The molecule has 3 rings (SSSR count). The Labute approximate surface area is 145 Å². The van der Waals surface area contributed by atoms with Gasteiger partial charge < -0.3 is 18.9 Å². The van der Waals surface area contributed by atoms with Gasteiger partial charge in [-0.3, -0.25) is 0 Å². The first-order chi connectivity index (χ1) is 12.2. The Morgan fingerprint density at radius 1 is 0.920 bits per heavy atom. The molecule has 0 saturated carbocycles. The number of aliphatic imine (C=N–C) groups is 1. The lowest BCUT2D eigenvalue weighted by Gasteiger charge is -2.12. The third-order valence-corrected chi connectivity index (χ3v) is 3.67. The number of carbonyl (C=O) groups excluding carboxylic acids is 1. The molecule has 0 fully saturated rings.